The molecule has 1 aliphatic heterocycles. The minimum Gasteiger partial charge on any atom is -0.487 e. The molecule has 0 N–H and O–H groups in total. The highest BCUT2D eigenvalue weighted by atomic mass is 16.5. The molecule has 2 rings (SSSR count). The van der Waals surface area contributed by atoms with Gasteiger partial charge < -0.3 is 9.47 Å². The largest absolute Gasteiger partial charge is 0.487 e. The summed E-state index contributed by atoms with van der Waals surface area (Å²) >= 11 is 0. The van der Waals surface area contributed by atoms with Crippen LogP contribution in [0.5, 0.6) is 5.75 Å². The zero-order valence-corrected chi connectivity index (χ0v) is 10.4. The second-order valence-electron chi connectivity index (χ2n) is 4.51. The molecular formula is C14H18O3. The third-order valence-electron chi connectivity index (χ3n) is 2.93. The van der Waals surface area contributed by atoms with Gasteiger partial charge in [0.2, 0.25) is 0 Å². The predicted octanol–water partition coefficient (Wildman–Crippen LogP) is 2.76. The minimum absolute atomic E-state index is 0.0386. The van der Waals surface area contributed by atoms with Crippen molar-refractivity contribution in [1.82, 2.24) is 0 Å². The monoisotopic (exact) mass is 234 g/mol. The summed E-state index contributed by atoms with van der Waals surface area (Å²) in [6.07, 6.45) is 2.08. The Hall–Kier alpha value is -1.35. The molecule has 17 heavy (non-hydrogen) atoms. The van der Waals surface area contributed by atoms with E-state index < -0.39 is 0 Å². The second kappa shape index (κ2) is 5.32. The van der Waals surface area contributed by atoms with E-state index >= 15 is 0 Å². The van der Waals surface area contributed by atoms with E-state index in [0.29, 0.717) is 17.9 Å². The van der Waals surface area contributed by atoms with Gasteiger partial charge in [-0.1, -0.05) is 6.07 Å². The van der Waals surface area contributed by atoms with Crippen LogP contribution in [-0.2, 0) is 4.74 Å². The van der Waals surface area contributed by atoms with E-state index in [-0.39, 0.29) is 11.9 Å². The first-order valence-electron chi connectivity index (χ1n) is 6.03. The van der Waals surface area contributed by atoms with Gasteiger partial charge in [0, 0.05) is 6.61 Å². The summed E-state index contributed by atoms with van der Waals surface area (Å²) < 4.78 is 11.3. The van der Waals surface area contributed by atoms with Crippen LogP contribution in [0, 0.1) is 6.92 Å². The lowest BCUT2D eigenvalue weighted by atomic mass is 10.1. The molecule has 92 valence electrons. The van der Waals surface area contributed by atoms with Crippen LogP contribution >= 0.6 is 0 Å². The molecule has 1 unspecified atom stereocenters. The fraction of sp³-hybridized carbons (Fsp3) is 0.500. The number of aryl methyl sites for hydroxylation is 1. The average molecular weight is 234 g/mol. The van der Waals surface area contributed by atoms with Crippen molar-refractivity contribution in [3.63, 3.8) is 0 Å². The molecule has 1 heterocycles. The number of carbonyl (C=O) groups is 1. The van der Waals surface area contributed by atoms with Crippen LogP contribution in [0.3, 0.4) is 0 Å². The molecule has 3 heteroatoms. The van der Waals surface area contributed by atoms with Gasteiger partial charge in [0.05, 0.1) is 12.2 Å². The number of carbonyl (C=O) groups excluding carboxylic acids is 1. The number of Topliss-reactive ketones (excluding diaryl/α,β-unsaturated/α-hetero) is 1. The maximum atomic E-state index is 11.5. The van der Waals surface area contributed by atoms with Crippen molar-refractivity contribution in [2.24, 2.45) is 0 Å². The molecule has 3 nitrogen and oxygen atoms in total. The van der Waals surface area contributed by atoms with Crippen LogP contribution in [0.4, 0.5) is 0 Å². The van der Waals surface area contributed by atoms with Crippen LogP contribution in [0.25, 0.3) is 0 Å². The highest BCUT2D eigenvalue weighted by molar-refractivity contribution is 5.96. The van der Waals surface area contributed by atoms with Crippen molar-refractivity contribution >= 4 is 5.78 Å². The van der Waals surface area contributed by atoms with E-state index in [2.05, 4.69) is 0 Å². The Morgan fingerprint density at radius 3 is 2.94 bits per heavy atom. The molecule has 0 radical (unpaired) electrons. The summed E-state index contributed by atoms with van der Waals surface area (Å²) in [6.45, 7) is 4.99. The van der Waals surface area contributed by atoms with Crippen molar-refractivity contribution in [2.75, 3.05) is 13.2 Å². The van der Waals surface area contributed by atoms with E-state index in [0.717, 1.165) is 25.0 Å². The predicted molar refractivity (Wildman–Crippen MR) is 65.7 cm³/mol. The van der Waals surface area contributed by atoms with Crippen LogP contribution in [0.15, 0.2) is 18.2 Å². The van der Waals surface area contributed by atoms with Gasteiger partial charge in [-0.25, -0.2) is 0 Å². The van der Waals surface area contributed by atoms with Crippen molar-refractivity contribution in [3.05, 3.63) is 29.3 Å². The zero-order chi connectivity index (χ0) is 12.3. The van der Waals surface area contributed by atoms with Gasteiger partial charge in [-0.3, -0.25) is 4.79 Å². The molecule has 0 bridgehead atoms. The first-order valence-corrected chi connectivity index (χ1v) is 6.03. The molecule has 1 fully saturated rings. The fourth-order valence-corrected chi connectivity index (χ4v) is 2.00. The number of ether oxygens (including phenoxy) is 2. The van der Waals surface area contributed by atoms with Crippen LogP contribution in [0.1, 0.15) is 35.7 Å². The third kappa shape index (κ3) is 3.07. The van der Waals surface area contributed by atoms with Crippen LogP contribution < -0.4 is 4.74 Å². The second-order valence-corrected chi connectivity index (χ2v) is 4.51. The Bertz CT molecular complexity index is 406. The van der Waals surface area contributed by atoms with Crippen molar-refractivity contribution in [1.29, 1.82) is 0 Å². The molecule has 0 amide bonds. The van der Waals surface area contributed by atoms with Gasteiger partial charge in [-0.2, -0.15) is 0 Å². The van der Waals surface area contributed by atoms with Crippen molar-refractivity contribution in [2.45, 2.75) is 32.8 Å². The lowest BCUT2D eigenvalue weighted by Gasteiger charge is -2.24. The van der Waals surface area contributed by atoms with E-state index in [9.17, 15) is 4.79 Å². The summed E-state index contributed by atoms with van der Waals surface area (Å²) in [4.78, 5) is 11.5. The topological polar surface area (TPSA) is 35.5 Å². The Morgan fingerprint density at radius 2 is 2.29 bits per heavy atom. The molecule has 0 aromatic heterocycles. The fourth-order valence-electron chi connectivity index (χ4n) is 2.00. The van der Waals surface area contributed by atoms with E-state index in [4.69, 9.17) is 9.47 Å². The van der Waals surface area contributed by atoms with E-state index in [1.54, 1.807) is 6.92 Å². The van der Waals surface area contributed by atoms with Crippen LogP contribution in [0.2, 0.25) is 0 Å². The van der Waals surface area contributed by atoms with E-state index in [1.165, 1.54) is 0 Å². The number of hydrogen-bond donors (Lipinski definition) is 0. The Kier molecular flexibility index (Phi) is 3.79. The summed E-state index contributed by atoms with van der Waals surface area (Å²) in [5, 5.41) is 0. The highest BCUT2D eigenvalue weighted by Crippen LogP contribution is 2.24. The highest BCUT2D eigenvalue weighted by Gasteiger charge is 2.18. The number of rotatable bonds is 3. The molecule has 1 aromatic rings. The van der Waals surface area contributed by atoms with Gasteiger partial charge in [-0.15, -0.1) is 0 Å². The molecule has 0 saturated carbocycles. The average Bonchev–Trinajstić information content (AvgIpc) is 2.30. The van der Waals surface area contributed by atoms with Crippen molar-refractivity contribution < 1.29 is 14.3 Å². The lowest BCUT2D eigenvalue weighted by Crippen LogP contribution is -2.28. The molecule has 0 aliphatic carbocycles. The first-order chi connectivity index (χ1) is 8.16. The number of hydrogen-bond acceptors (Lipinski definition) is 3. The summed E-state index contributed by atoms with van der Waals surface area (Å²) in [6, 6.07) is 5.68. The third-order valence-corrected chi connectivity index (χ3v) is 2.93. The summed E-state index contributed by atoms with van der Waals surface area (Å²) in [7, 11) is 0. The molecular weight excluding hydrogens is 216 g/mol. The van der Waals surface area contributed by atoms with Crippen LogP contribution in [-0.4, -0.2) is 25.1 Å². The molecule has 1 aliphatic rings. The number of ketones is 1. The smallest absolute Gasteiger partial charge is 0.163 e. The minimum atomic E-state index is 0.0386. The number of benzene rings is 1. The Balaban J connectivity index is 2.17. The summed E-state index contributed by atoms with van der Waals surface area (Å²) in [5.41, 5.74) is 1.75. The van der Waals surface area contributed by atoms with Gasteiger partial charge in [0.1, 0.15) is 11.9 Å². The standard InChI is InChI=1S/C14H18O3/c1-10-5-6-13(11(2)15)14(8-10)17-12-4-3-7-16-9-12/h5-6,8,12H,3-4,7,9H2,1-2H3. The zero-order valence-electron chi connectivity index (χ0n) is 10.4. The SMILES string of the molecule is CC(=O)c1ccc(C)cc1OC1CCCOC1. The van der Waals surface area contributed by atoms with E-state index in [1.807, 2.05) is 25.1 Å². The maximum Gasteiger partial charge on any atom is 0.163 e. The van der Waals surface area contributed by atoms with Crippen molar-refractivity contribution in [3.8, 4) is 5.75 Å². The maximum absolute atomic E-state index is 11.5. The van der Waals surface area contributed by atoms with Gasteiger partial charge in [0.25, 0.3) is 0 Å². The van der Waals surface area contributed by atoms with Gasteiger partial charge in [-0.05, 0) is 44.4 Å². The first kappa shape index (κ1) is 12.1. The Morgan fingerprint density at radius 1 is 1.47 bits per heavy atom. The quantitative estimate of drug-likeness (QED) is 0.754. The molecule has 1 saturated heterocycles. The van der Waals surface area contributed by atoms with Gasteiger partial charge >= 0.3 is 0 Å². The van der Waals surface area contributed by atoms with Gasteiger partial charge in [0.15, 0.2) is 5.78 Å². The Labute approximate surface area is 102 Å². The molecule has 0 spiro atoms. The molecule has 1 aromatic carbocycles. The lowest BCUT2D eigenvalue weighted by molar-refractivity contribution is 0.00710. The molecule has 1 atom stereocenters. The normalized spacial score (nSPS) is 20.0. The summed E-state index contributed by atoms with van der Waals surface area (Å²) in [5.74, 6) is 0.727.